The predicted molar refractivity (Wildman–Crippen MR) is 137 cm³/mol. The van der Waals surface area contributed by atoms with Crippen molar-refractivity contribution in [3.8, 4) is 0 Å². The van der Waals surface area contributed by atoms with Gasteiger partial charge in [0.1, 0.15) is 0 Å². The van der Waals surface area contributed by atoms with Crippen LogP contribution in [0.25, 0.3) is 31.8 Å². The van der Waals surface area contributed by atoms with Gasteiger partial charge in [-0.3, -0.25) is 0 Å². The summed E-state index contributed by atoms with van der Waals surface area (Å²) in [5, 5.41) is 2.61. The van der Waals surface area contributed by atoms with Crippen molar-refractivity contribution in [3.63, 3.8) is 0 Å². The first kappa shape index (κ1) is 18.6. The van der Waals surface area contributed by atoms with Crippen LogP contribution < -0.4 is 0 Å². The van der Waals surface area contributed by atoms with Crippen molar-refractivity contribution in [2.24, 2.45) is 0 Å². The Morgan fingerprint density at radius 1 is 0.581 bits per heavy atom. The van der Waals surface area contributed by atoms with E-state index in [0.29, 0.717) is 0 Å². The average Bonchev–Trinajstić information content (AvgIpc) is 2.83. The van der Waals surface area contributed by atoms with Gasteiger partial charge in [-0.15, -0.1) is 0 Å². The third kappa shape index (κ3) is 3.29. The molecule has 1 aliphatic rings. The summed E-state index contributed by atoms with van der Waals surface area (Å²) in [5.74, 6) is 0. The molecule has 4 aromatic carbocycles. The number of hydrogen-bond acceptors (Lipinski definition) is 1. The molecule has 31 heavy (non-hydrogen) atoms. The maximum Gasteiger partial charge on any atom is 0.239 e. The van der Waals surface area contributed by atoms with E-state index in [9.17, 15) is 0 Å². The van der Waals surface area contributed by atoms with E-state index in [0.717, 1.165) is 0 Å². The molecule has 2 heterocycles. The fourth-order valence-electron chi connectivity index (χ4n) is 4.24. The molecule has 0 radical (unpaired) electrons. The highest BCUT2D eigenvalue weighted by Crippen LogP contribution is 2.45. The van der Waals surface area contributed by atoms with Crippen LogP contribution in [0.4, 0.5) is 0 Å². The van der Waals surface area contributed by atoms with E-state index in [1.165, 1.54) is 52.2 Å². The lowest BCUT2D eigenvalue weighted by Crippen LogP contribution is -1.98. The Morgan fingerprint density at radius 3 is 1.71 bits per heavy atom. The van der Waals surface area contributed by atoms with Gasteiger partial charge in [-0.05, 0) is 41.0 Å². The Balaban J connectivity index is 1.53. The van der Waals surface area contributed by atoms with Gasteiger partial charge in [-0.1, -0.05) is 90.7 Å². The SMILES string of the molecule is C(/C=C/c1c2ccccc2[s+]c2ccccc12)=C1c2ccccc2Sc2ccccc21. The van der Waals surface area contributed by atoms with Gasteiger partial charge in [0.25, 0.3) is 0 Å². The van der Waals surface area contributed by atoms with Gasteiger partial charge in [0.05, 0.1) is 0 Å². The van der Waals surface area contributed by atoms with Crippen molar-refractivity contribution < 1.29 is 0 Å². The van der Waals surface area contributed by atoms with E-state index < -0.39 is 0 Å². The topological polar surface area (TPSA) is 0 Å². The molecule has 0 saturated heterocycles. The molecule has 0 amide bonds. The molecule has 0 fully saturated rings. The van der Waals surface area contributed by atoms with Gasteiger partial charge in [0.15, 0.2) is 0 Å². The van der Waals surface area contributed by atoms with Crippen molar-refractivity contribution in [2.75, 3.05) is 0 Å². The van der Waals surface area contributed by atoms with Crippen LogP contribution in [0.15, 0.2) is 119 Å². The maximum atomic E-state index is 2.28. The van der Waals surface area contributed by atoms with Crippen molar-refractivity contribution >= 4 is 54.9 Å². The molecule has 0 unspecified atom stereocenters. The summed E-state index contributed by atoms with van der Waals surface area (Å²) in [7, 11) is 0. The van der Waals surface area contributed by atoms with E-state index in [4.69, 9.17) is 0 Å². The van der Waals surface area contributed by atoms with Gasteiger partial charge in [0, 0.05) is 38.3 Å². The van der Waals surface area contributed by atoms with Gasteiger partial charge in [-0.25, -0.2) is 0 Å². The molecule has 1 aliphatic heterocycles. The molecule has 2 heteroatoms. The van der Waals surface area contributed by atoms with Crippen LogP contribution >= 0.6 is 23.1 Å². The highest BCUT2D eigenvalue weighted by atomic mass is 32.2. The molecule has 0 saturated carbocycles. The summed E-state index contributed by atoms with van der Waals surface area (Å²) in [4.78, 5) is 2.64. The summed E-state index contributed by atoms with van der Waals surface area (Å²) in [6, 6.07) is 34.8. The quantitative estimate of drug-likeness (QED) is 0.195. The number of hydrogen-bond donors (Lipinski definition) is 0. The molecule has 0 bridgehead atoms. The van der Waals surface area contributed by atoms with Gasteiger partial charge in [0.2, 0.25) is 20.7 Å². The van der Waals surface area contributed by atoms with Crippen molar-refractivity contribution in [1.29, 1.82) is 0 Å². The second-order valence-electron chi connectivity index (χ2n) is 7.54. The molecule has 0 nitrogen and oxygen atoms in total. The molecule has 0 aliphatic carbocycles. The van der Waals surface area contributed by atoms with E-state index in [2.05, 4.69) is 115 Å². The van der Waals surface area contributed by atoms with E-state index in [1.54, 1.807) is 0 Å². The van der Waals surface area contributed by atoms with Crippen LogP contribution in [0, 0.1) is 0 Å². The fraction of sp³-hybridized carbons (Fsp3) is 0. The highest BCUT2D eigenvalue weighted by Gasteiger charge is 2.19. The smallest absolute Gasteiger partial charge is 0.0888 e. The fourth-order valence-corrected chi connectivity index (χ4v) is 6.45. The summed E-state index contributed by atoms with van der Waals surface area (Å²) in [5.41, 5.74) is 5.18. The van der Waals surface area contributed by atoms with Crippen LogP contribution in [-0.4, -0.2) is 0 Å². The predicted octanol–water partition coefficient (Wildman–Crippen LogP) is 8.95. The van der Waals surface area contributed by atoms with Crippen LogP contribution in [0.5, 0.6) is 0 Å². The molecule has 5 aromatic rings. The Morgan fingerprint density at radius 2 is 1.10 bits per heavy atom. The van der Waals surface area contributed by atoms with Crippen molar-refractivity contribution in [2.45, 2.75) is 9.79 Å². The maximum absolute atomic E-state index is 2.28. The number of allylic oxidation sites excluding steroid dienone is 2. The van der Waals surface area contributed by atoms with Crippen LogP contribution in [0.3, 0.4) is 0 Å². The molecule has 1 aromatic heterocycles. The van der Waals surface area contributed by atoms with Crippen molar-refractivity contribution in [3.05, 3.63) is 126 Å². The zero-order chi connectivity index (χ0) is 20.6. The van der Waals surface area contributed by atoms with Crippen LogP contribution in [0.1, 0.15) is 16.7 Å². The normalized spacial score (nSPS) is 12.8. The van der Waals surface area contributed by atoms with Gasteiger partial charge >= 0.3 is 0 Å². The van der Waals surface area contributed by atoms with Crippen LogP contribution in [-0.2, 0) is 0 Å². The lowest BCUT2D eigenvalue weighted by Gasteiger charge is -2.21. The minimum Gasteiger partial charge on any atom is -0.0888 e. The zero-order valence-electron chi connectivity index (χ0n) is 16.8. The Hall–Kier alpha value is -3.20. The third-order valence-corrected chi connectivity index (χ3v) is 7.98. The monoisotopic (exact) mass is 431 g/mol. The van der Waals surface area contributed by atoms with Gasteiger partial charge < -0.3 is 0 Å². The number of rotatable bonds is 2. The molecule has 6 rings (SSSR count). The van der Waals surface area contributed by atoms with E-state index >= 15 is 0 Å². The third-order valence-electron chi connectivity index (χ3n) is 5.67. The van der Waals surface area contributed by atoms with E-state index in [1.807, 2.05) is 23.1 Å². The van der Waals surface area contributed by atoms with Crippen molar-refractivity contribution in [1.82, 2.24) is 0 Å². The lowest BCUT2D eigenvalue weighted by atomic mass is 9.96. The standard InChI is InChI=1S/C29H19S2/c1-5-16-26-22(10-1)20(23-11-2-6-17-27(23)30-26)14-9-15-21-24-12-3-7-18-28(24)31-29-19-8-4-13-25(21)29/h1-19H/q+1. The molecule has 0 atom stereocenters. The Labute approximate surface area is 190 Å². The average molecular weight is 432 g/mol. The summed E-state index contributed by atoms with van der Waals surface area (Å²) < 4.78 is 2.64. The molecule has 146 valence electrons. The lowest BCUT2D eigenvalue weighted by molar-refractivity contribution is 1.29. The first-order valence-electron chi connectivity index (χ1n) is 10.4. The first-order chi connectivity index (χ1) is 15.4. The second kappa shape index (κ2) is 7.81. The van der Waals surface area contributed by atoms with Crippen LogP contribution in [0.2, 0.25) is 0 Å². The number of fused-ring (bicyclic) bond motifs is 4. The first-order valence-corrected chi connectivity index (χ1v) is 12.0. The minimum absolute atomic E-state index is 1.29. The molecule has 0 spiro atoms. The highest BCUT2D eigenvalue weighted by molar-refractivity contribution is 7.99. The Kier molecular flexibility index (Phi) is 4.67. The Bertz CT molecular complexity index is 1410. The van der Waals surface area contributed by atoms with Gasteiger partial charge in [-0.2, -0.15) is 0 Å². The minimum atomic E-state index is 1.29. The van der Waals surface area contributed by atoms with E-state index in [-0.39, 0.29) is 0 Å². The zero-order valence-corrected chi connectivity index (χ0v) is 18.4. The summed E-state index contributed by atoms with van der Waals surface area (Å²) in [6.45, 7) is 0. The molecule has 0 N–H and O–H groups in total. The summed E-state index contributed by atoms with van der Waals surface area (Å²) in [6.07, 6.45) is 6.77. The second-order valence-corrected chi connectivity index (χ2v) is 9.71. The molecular weight excluding hydrogens is 412 g/mol. The largest absolute Gasteiger partial charge is 0.239 e. The summed E-state index contributed by atoms with van der Waals surface area (Å²) >= 11 is 3.71. The molecular formula is C29H19S2+. The number of benzene rings is 4.